The summed E-state index contributed by atoms with van der Waals surface area (Å²) in [6.45, 7) is 2.01. The highest BCUT2D eigenvalue weighted by Crippen LogP contribution is 2.39. The van der Waals surface area contributed by atoms with Crippen LogP contribution < -0.4 is 5.32 Å². The maximum absolute atomic E-state index is 12.1. The van der Waals surface area contributed by atoms with E-state index in [1.165, 1.54) is 11.5 Å². The van der Waals surface area contributed by atoms with Gasteiger partial charge in [-0.3, -0.25) is 4.79 Å². The second kappa shape index (κ2) is 6.10. The van der Waals surface area contributed by atoms with Crippen LogP contribution in [0.15, 0.2) is 30.6 Å². The smallest absolute Gasteiger partial charge is 0.230 e. The quantitative estimate of drug-likeness (QED) is 0.742. The lowest BCUT2D eigenvalue weighted by atomic mass is 10.1. The molecule has 0 bridgehead atoms. The fraction of sp³-hybridized carbons (Fsp3) is 0.222. The standard InChI is InChI=1S/C18H13ClN4OS/c1-9-7-22-25-17(9)11-2-10-5-16(21-8-14(10)15(19)4-11)23-18(24)13-3-12(13)6-20/h2,4-5,7-8,12-13H,3H2,1H3,(H,21,23,24)/t12-,13+/m0/s1. The summed E-state index contributed by atoms with van der Waals surface area (Å²) in [5.41, 5.74) is 2.09. The van der Waals surface area contributed by atoms with Gasteiger partial charge in [0.1, 0.15) is 5.82 Å². The van der Waals surface area contributed by atoms with Gasteiger partial charge in [0.2, 0.25) is 5.91 Å². The predicted molar refractivity (Wildman–Crippen MR) is 98.4 cm³/mol. The van der Waals surface area contributed by atoms with E-state index >= 15 is 0 Å². The lowest BCUT2D eigenvalue weighted by Crippen LogP contribution is -2.15. The maximum atomic E-state index is 12.1. The minimum absolute atomic E-state index is 0.154. The van der Waals surface area contributed by atoms with Crippen molar-refractivity contribution in [2.24, 2.45) is 11.8 Å². The Hall–Kier alpha value is -2.49. The fourth-order valence-electron chi connectivity index (χ4n) is 2.83. The van der Waals surface area contributed by atoms with E-state index in [0.29, 0.717) is 17.3 Å². The van der Waals surface area contributed by atoms with Gasteiger partial charge in [-0.15, -0.1) is 0 Å². The number of benzene rings is 1. The van der Waals surface area contributed by atoms with E-state index < -0.39 is 0 Å². The predicted octanol–water partition coefficient (Wildman–Crippen LogP) is 4.42. The zero-order valence-corrected chi connectivity index (χ0v) is 14.9. The van der Waals surface area contributed by atoms with E-state index in [9.17, 15) is 4.79 Å². The third-order valence-corrected chi connectivity index (χ3v) is 5.61. The first-order valence-electron chi connectivity index (χ1n) is 7.78. The van der Waals surface area contributed by atoms with Gasteiger partial charge < -0.3 is 5.32 Å². The van der Waals surface area contributed by atoms with Crippen LogP contribution in [0.1, 0.15) is 12.0 Å². The van der Waals surface area contributed by atoms with Crippen LogP contribution in [0.25, 0.3) is 21.2 Å². The van der Waals surface area contributed by atoms with Crippen LogP contribution in [0.5, 0.6) is 0 Å². The van der Waals surface area contributed by atoms with Gasteiger partial charge in [-0.05, 0) is 59.6 Å². The molecule has 5 nitrogen and oxygen atoms in total. The molecule has 2 atom stereocenters. The molecule has 0 saturated heterocycles. The number of nitrogens with one attached hydrogen (secondary N) is 1. The van der Waals surface area contributed by atoms with Crippen molar-refractivity contribution in [1.82, 2.24) is 9.36 Å². The van der Waals surface area contributed by atoms with E-state index in [4.69, 9.17) is 16.9 Å². The van der Waals surface area contributed by atoms with Crippen LogP contribution in [0.3, 0.4) is 0 Å². The minimum Gasteiger partial charge on any atom is -0.310 e. The molecule has 0 unspecified atom stereocenters. The van der Waals surface area contributed by atoms with Gasteiger partial charge in [-0.25, -0.2) is 9.36 Å². The average molecular weight is 369 g/mol. The zero-order chi connectivity index (χ0) is 17.6. The number of fused-ring (bicyclic) bond motifs is 1. The topological polar surface area (TPSA) is 78.7 Å². The number of carbonyl (C=O) groups excluding carboxylic acids is 1. The molecule has 3 aromatic rings. The largest absolute Gasteiger partial charge is 0.310 e. The lowest BCUT2D eigenvalue weighted by Gasteiger charge is -2.08. The van der Waals surface area contributed by atoms with E-state index in [1.807, 2.05) is 31.3 Å². The van der Waals surface area contributed by atoms with Crippen molar-refractivity contribution in [2.45, 2.75) is 13.3 Å². The fourth-order valence-corrected chi connectivity index (χ4v) is 3.84. The number of pyridine rings is 1. The molecular formula is C18H13ClN4OS. The maximum Gasteiger partial charge on any atom is 0.230 e. The number of nitrogens with zero attached hydrogens (tertiary/aromatic N) is 3. The van der Waals surface area contributed by atoms with Gasteiger partial charge in [-0.1, -0.05) is 11.6 Å². The van der Waals surface area contributed by atoms with Crippen LogP contribution in [0.4, 0.5) is 5.82 Å². The van der Waals surface area contributed by atoms with Crippen molar-refractivity contribution in [2.75, 3.05) is 5.32 Å². The van der Waals surface area contributed by atoms with Gasteiger partial charge in [0.05, 0.1) is 27.8 Å². The Morgan fingerprint density at radius 2 is 2.24 bits per heavy atom. The summed E-state index contributed by atoms with van der Waals surface area (Å²) >= 11 is 7.83. The zero-order valence-electron chi connectivity index (χ0n) is 13.3. The number of carbonyl (C=O) groups is 1. The Balaban J connectivity index is 1.68. The highest BCUT2D eigenvalue weighted by Gasteiger charge is 2.43. The monoisotopic (exact) mass is 368 g/mol. The summed E-state index contributed by atoms with van der Waals surface area (Å²) in [6.07, 6.45) is 4.11. The number of anilines is 1. The van der Waals surface area contributed by atoms with Crippen LogP contribution in [-0.2, 0) is 4.79 Å². The van der Waals surface area contributed by atoms with Gasteiger partial charge in [0, 0.05) is 17.8 Å². The molecule has 1 aliphatic rings. The normalized spacial score (nSPS) is 18.8. The third-order valence-electron chi connectivity index (χ3n) is 4.34. The average Bonchev–Trinajstić information content (AvgIpc) is 3.27. The molecule has 25 heavy (non-hydrogen) atoms. The SMILES string of the molecule is Cc1cnsc1-c1cc(Cl)c2cnc(NC(=O)[C@@H]3C[C@H]3C#N)cc2c1. The molecule has 0 aliphatic heterocycles. The first-order valence-corrected chi connectivity index (χ1v) is 8.93. The highest BCUT2D eigenvalue weighted by molar-refractivity contribution is 7.09. The minimum atomic E-state index is -0.225. The molecule has 4 rings (SSSR count). The number of hydrogen-bond acceptors (Lipinski definition) is 5. The van der Waals surface area contributed by atoms with Gasteiger partial charge in [0.25, 0.3) is 0 Å². The van der Waals surface area contributed by atoms with Crippen molar-refractivity contribution in [3.63, 3.8) is 0 Å². The summed E-state index contributed by atoms with van der Waals surface area (Å²) in [4.78, 5) is 17.5. The molecular weight excluding hydrogens is 356 g/mol. The van der Waals surface area contributed by atoms with Crippen molar-refractivity contribution in [3.05, 3.63) is 41.2 Å². The molecule has 2 aromatic heterocycles. The first kappa shape index (κ1) is 16.0. The molecule has 1 aliphatic carbocycles. The van der Waals surface area contributed by atoms with Gasteiger partial charge in [-0.2, -0.15) is 5.26 Å². The molecule has 2 heterocycles. The number of rotatable bonds is 3. The van der Waals surface area contributed by atoms with E-state index in [-0.39, 0.29) is 17.7 Å². The summed E-state index contributed by atoms with van der Waals surface area (Å²) < 4.78 is 4.21. The number of aromatic nitrogens is 2. The number of hydrogen-bond donors (Lipinski definition) is 1. The summed E-state index contributed by atoms with van der Waals surface area (Å²) in [5.74, 6) is -0.0812. The Bertz CT molecular complexity index is 1040. The Labute approximate surface area is 153 Å². The number of nitriles is 1. The van der Waals surface area contributed by atoms with Crippen molar-refractivity contribution in [3.8, 4) is 16.5 Å². The molecule has 1 amide bonds. The van der Waals surface area contributed by atoms with Gasteiger partial charge >= 0.3 is 0 Å². The third kappa shape index (κ3) is 2.97. The number of amides is 1. The van der Waals surface area contributed by atoms with Crippen LogP contribution in [0, 0.1) is 30.1 Å². The molecule has 124 valence electrons. The van der Waals surface area contributed by atoms with E-state index in [1.54, 1.807) is 6.20 Å². The lowest BCUT2D eigenvalue weighted by molar-refractivity contribution is -0.117. The van der Waals surface area contributed by atoms with Crippen molar-refractivity contribution >= 4 is 45.6 Å². The molecule has 1 fully saturated rings. The molecule has 1 saturated carbocycles. The van der Waals surface area contributed by atoms with Crippen LogP contribution >= 0.6 is 23.1 Å². The highest BCUT2D eigenvalue weighted by atomic mass is 35.5. The first-order chi connectivity index (χ1) is 12.1. The Kier molecular flexibility index (Phi) is 3.91. The second-order valence-electron chi connectivity index (χ2n) is 6.15. The van der Waals surface area contributed by atoms with Crippen molar-refractivity contribution < 1.29 is 4.79 Å². The molecule has 1 N–H and O–H groups in total. The molecule has 0 spiro atoms. The van der Waals surface area contributed by atoms with Crippen LogP contribution in [-0.4, -0.2) is 15.3 Å². The second-order valence-corrected chi connectivity index (χ2v) is 7.36. The summed E-state index contributed by atoms with van der Waals surface area (Å²) in [5, 5.41) is 14.0. The molecule has 0 radical (unpaired) electrons. The molecule has 1 aromatic carbocycles. The number of halogens is 1. The Morgan fingerprint density at radius 3 is 2.92 bits per heavy atom. The molecule has 7 heteroatoms. The summed E-state index contributed by atoms with van der Waals surface area (Å²) in [7, 11) is 0. The van der Waals surface area contributed by atoms with E-state index in [0.717, 1.165) is 26.8 Å². The van der Waals surface area contributed by atoms with Crippen LogP contribution in [0.2, 0.25) is 5.02 Å². The number of aryl methyl sites for hydroxylation is 1. The Morgan fingerprint density at radius 1 is 1.40 bits per heavy atom. The van der Waals surface area contributed by atoms with Gasteiger partial charge in [0.15, 0.2) is 0 Å². The van der Waals surface area contributed by atoms with Crippen molar-refractivity contribution in [1.29, 1.82) is 5.26 Å². The van der Waals surface area contributed by atoms with E-state index in [2.05, 4.69) is 20.7 Å². The summed E-state index contributed by atoms with van der Waals surface area (Å²) in [6, 6.07) is 7.86.